The van der Waals surface area contributed by atoms with Crippen molar-refractivity contribution in [3.63, 3.8) is 0 Å². The van der Waals surface area contributed by atoms with Crippen molar-refractivity contribution >= 4 is 33.3 Å². The fourth-order valence-electron chi connectivity index (χ4n) is 2.28. The van der Waals surface area contributed by atoms with Crippen LogP contribution in [0.5, 0.6) is 0 Å². The van der Waals surface area contributed by atoms with Gasteiger partial charge >= 0.3 is 5.97 Å². The van der Waals surface area contributed by atoms with Gasteiger partial charge in [-0.15, -0.1) is 0 Å². The molecule has 0 radical (unpaired) electrons. The molecule has 0 bridgehead atoms. The highest BCUT2D eigenvalue weighted by Gasteiger charge is 2.29. The fourth-order valence-corrected chi connectivity index (χ4v) is 4.06. The van der Waals surface area contributed by atoms with Gasteiger partial charge in [0.25, 0.3) is 10.0 Å². The van der Waals surface area contributed by atoms with Gasteiger partial charge in [0.15, 0.2) is 0 Å². The predicted octanol–water partition coefficient (Wildman–Crippen LogP) is 3.70. The molecular formula is C16H15ClFNO4S. The first-order chi connectivity index (χ1) is 11.2. The van der Waals surface area contributed by atoms with Crippen molar-refractivity contribution in [3.05, 3.63) is 58.4 Å². The highest BCUT2D eigenvalue weighted by molar-refractivity contribution is 7.92. The van der Waals surface area contributed by atoms with Crippen molar-refractivity contribution in [1.82, 2.24) is 0 Å². The molecular weight excluding hydrogens is 357 g/mol. The van der Waals surface area contributed by atoms with Gasteiger partial charge in [0.05, 0.1) is 16.3 Å². The monoisotopic (exact) mass is 371 g/mol. The Balaban J connectivity index is 2.65. The number of hydrogen-bond donors (Lipinski definition) is 1. The minimum absolute atomic E-state index is 0.0518. The molecule has 0 aliphatic heterocycles. The Bertz CT molecular complexity index is 899. The molecule has 1 N–H and O–H groups in total. The van der Waals surface area contributed by atoms with Gasteiger partial charge < -0.3 is 5.11 Å². The van der Waals surface area contributed by atoms with Crippen molar-refractivity contribution in [2.75, 3.05) is 10.8 Å². The van der Waals surface area contributed by atoms with E-state index in [-0.39, 0.29) is 11.6 Å². The van der Waals surface area contributed by atoms with E-state index in [0.717, 1.165) is 15.9 Å². The molecule has 128 valence electrons. The van der Waals surface area contributed by atoms with Gasteiger partial charge in [-0.05, 0) is 43.7 Å². The molecule has 0 aliphatic carbocycles. The standard InChI is InChI=1S/C16H15ClFNO4S/c1-3-19(11-6-4-5-10(2)7-11)24(22,23)15-8-12(16(20)21)13(17)9-14(15)18/h4-9H,3H2,1-2H3,(H,20,21). The van der Waals surface area contributed by atoms with Crippen LogP contribution in [0.3, 0.4) is 0 Å². The van der Waals surface area contributed by atoms with E-state index in [1.54, 1.807) is 38.1 Å². The average Bonchev–Trinajstić information content (AvgIpc) is 2.46. The van der Waals surface area contributed by atoms with Gasteiger partial charge in [-0.1, -0.05) is 23.7 Å². The predicted molar refractivity (Wildman–Crippen MR) is 89.8 cm³/mol. The molecule has 0 atom stereocenters. The van der Waals surface area contributed by atoms with E-state index in [9.17, 15) is 17.6 Å². The summed E-state index contributed by atoms with van der Waals surface area (Å²) in [7, 11) is -4.29. The lowest BCUT2D eigenvalue weighted by Crippen LogP contribution is -2.31. The molecule has 5 nitrogen and oxygen atoms in total. The second-order valence-electron chi connectivity index (χ2n) is 5.08. The van der Waals surface area contributed by atoms with Crippen LogP contribution >= 0.6 is 11.6 Å². The minimum Gasteiger partial charge on any atom is -0.478 e. The Morgan fingerprint density at radius 3 is 2.50 bits per heavy atom. The van der Waals surface area contributed by atoms with Crippen molar-refractivity contribution in [1.29, 1.82) is 0 Å². The van der Waals surface area contributed by atoms with Crippen LogP contribution < -0.4 is 4.31 Å². The van der Waals surface area contributed by atoms with Gasteiger partial charge in [-0.3, -0.25) is 4.31 Å². The maximum absolute atomic E-state index is 14.2. The summed E-state index contributed by atoms with van der Waals surface area (Å²) in [5.74, 6) is -2.54. The number of halogens is 2. The van der Waals surface area contributed by atoms with E-state index in [2.05, 4.69) is 0 Å². The molecule has 8 heteroatoms. The first kappa shape index (κ1) is 18.2. The lowest BCUT2D eigenvalue weighted by atomic mass is 10.2. The Hall–Kier alpha value is -2.12. The molecule has 2 aromatic carbocycles. The Kier molecular flexibility index (Phi) is 5.15. The van der Waals surface area contributed by atoms with Crippen molar-refractivity contribution in [3.8, 4) is 0 Å². The first-order valence-electron chi connectivity index (χ1n) is 7.00. The number of carbonyl (C=O) groups is 1. The van der Waals surface area contributed by atoms with Crippen molar-refractivity contribution in [2.45, 2.75) is 18.7 Å². The molecule has 0 saturated carbocycles. The number of nitrogens with zero attached hydrogens (tertiary/aromatic N) is 1. The van der Waals surface area contributed by atoms with Gasteiger partial charge in [0.2, 0.25) is 0 Å². The molecule has 0 saturated heterocycles. The number of aromatic carboxylic acids is 1. The summed E-state index contributed by atoms with van der Waals surface area (Å²) >= 11 is 5.67. The summed E-state index contributed by atoms with van der Waals surface area (Å²) in [6.07, 6.45) is 0. The highest BCUT2D eigenvalue weighted by atomic mass is 35.5. The summed E-state index contributed by atoms with van der Waals surface area (Å²) in [6.45, 7) is 3.46. The maximum atomic E-state index is 14.2. The molecule has 0 unspecified atom stereocenters. The van der Waals surface area contributed by atoms with Gasteiger partial charge in [-0.25, -0.2) is 17.6 Å². The smallest absolute Gasteiger partial charge is 0.337 e. The second kappa shape index (κ2) is 6.78. The van der Waals surface area contributed by atoms with Crippen LogP contribution in [0.4, 0.5) is 10.1 Å². The van der Waals surface area contributed by atoms with Crippen LogP contribution in [0.1, 0.15) is 22.8 Å². The number of benzene rings is 2. The van der Waals surface area contributed by atoms with E-state index in [4.69, 9.17) is 16.7 Å². The van der Waals surface area contributed by atoms with E-state index >= 15 is 0 Å². The fraction of sp³-hybridized carbons (Fsp3) is 0.188. The van der Waals surface area contributed by atoms with Crippen LogP contribution in [0.25, 0.3) is 0 Å². The number of hydrogen-bond acceptors (Lipinski definition) is 3. The molecule has 0 aromatic heterocycles. The Morgan fingerprint density at radius 1 is 1.29 bits per heavy atom. The molecule has 0 fully saturated rings. The Labute approximate surface area is 144 Å². The number of anilines is 1. The van der Waals surface area contributed by atoms with Crippen LogP contribution in [-0.2, 0) is 10.0 Å². The summed E-state index contributed by atoms with van der Waals surface area (Å²) in [5, 5.41) is 8.72. The SMILES string of the molecule is CCN(c1cccc(C)c1)S(=O)(=O)c1cc(C(=O)O)c(Cl)cc1F. The van der Waals surface area contributed by atoms with E-state index in [1.807, 2.05) is 0 Å². The zero-order valence-corrected chi connectivity index (χ0v) is 14.5. The van der Waals surface area contributed by atoms with Gasteiger partial charge in [0, 0.05) is 6.54 Å². The van der Waals surface area contributed by atoms with Crippen molar-refractivity contribution in [2.24, 2.45) is 0 Å². The Morgan fingerprint density at radius 2 is 1.96 bits per heavy atom. The molecule has 0 heterocycles. The molecule has 0 spiro atoms. The number of rotatable bonds is 5. The van der Waals surface area contributed by atoms with E-state index in [1.165, 1.54) is 0 Å². The normalized spacial score (nSPS) is 11.3. The number of carboxylic acids is 1. The topological polar surface area (TPSA) is 74.7 Å². The quantitative estimate of drug-likeness (QED) is 0.869. The molecule has 2 aromatic rings. The van der Waals surface area contributed by atoms with E-state index < -0.39 is 32.3 Å². The number of aryl methyl sites for hydroxylation is 1. The van der Waals surface area contributed by atoms with Crippen molar-refractivity contribution < 1.29 is 22.7 Å². The minimum atomic E-state index is -4.29. The summed E-state index contributed by atoms with van der Waals surface area (Å²) in [5.41, 5.74) is 0.726. The highest BCUT2D eigenvalue weighted by Crippen LogP contribution is 2.29. The first-order valence-corrected chi connectivity index (χ1v) is 8.82. The molecule has 0 aliphatic rings. The molecule has 0 amide bonds. The number of sulfonamides is 1. The zero-order valence-electron chi connectivity index (χ0n) is 13.0. The lowest BCUT2D eigenvalue weighted by molar-refractivity contribution is 0.0696. The third kappa shape index (κ3) is 3.37. The zero-order chi connectivity index (χ0) is 18.1. The largest absolute Gasteiger partial charge is 0.478 e. The van der Waals surface area contributed by atoms with Gasteiger partial charge in [-0.2, -0.15) is 0 Å². The summed E-state index contributed by atoms with van der Waals surface area (Å²) < 4.78 is 40.9. The van der Waals surface area contributed by atoms with Crippen LogP contribution in [0.15, 0.2) is 41.3 Å². The van der Waals surface area contributed by atoms with Crippen LogP contribution in [0.2, 0.25) is 5.02 Å². The van der Waals surface area contributed by atoms with E-state index in [0.29, 0.717) is 11.8 Å². The van der Waals surface area contributed by atoms with Crippen LogP contribution in [-0.4, -0.2) is 26.0 Å². The third-order valence-corrected chi connectivity index (χ3v) is 5.63. The maximum Gasteiger partial charge on any atom is 0.337 e. The summed E-state index contributed by atoms with van der Waals surface area (Å²) in [4.78, 5) is 10.4. The summed E-state index contributed by atoms with van der Waals surface area (Å²) in [6, 6.07) is 8.15. The van der Waals surface area contributed by atoms with Gasteiger partial charge in [0.1, 0.15) is 10.7 Å². The second-order valence-corrected chi connectivity index (χ2v) is 7.31. The average molecular weight is 372 g/mol. The lowest BCUT2D eigenvalue weighted by Gasteiger charge is -2.23. The number of carboxylic acid groups (broad SMARTS) is 1. The van der Waals surface area contributed by atoms with Crippen LogP contribution in [0, 0.1) is 12.7 Å². The third-order valence-electron chi connectivity index (χ3n) is 3.40. The molecule has 2 rings (SSSR count). The molecule has 24 heavy (non-hydrogen) atoms.